The van der Waals surface area contributed by atoms with E-state index in [4.69, 9.17) is 4.79 Å². The fraction of sp³-hybridized carbons (Fsp3) is 0.516. The molecule has 0 bridgehead atoms. The predicted molar refractivity (Wildman–Crippen MR) is 193 cm³/mol. The predicted octanol–water partition coefficient (Wildman–Crippen LogP) is 5.24. The summed E-state index contributed by atoms with van der Waals surface area (Å²) in [6.45, 7) is 7.25. The van der Waals surface area contributed by atoms with Crippen LogP contribution in [0, 0.1) is 5.92 Å². The van der Waals surface area contributed by atoms with E-state index in [1.807, 2.05) is 88.6 Å². The first-order valence-electron chi connectivity index (χ1n) is 14.6. The molecule has 44 heavy (non-hydrogen) atoms. The van der Waals surface area contributed by atoms with E-state index >= 15 is 0 Å². The third kappa shape index (κ3) is 18.4. The lowest BCUT2D eigenvalue weighted by atomic mass is 9.87. The molecular formula is C31H51N9O2S2. The van der Waals surface area contributed by atoms with Gasteiger partial charge in [-0.3, -0.25) is 19.6 Å². The normalized spacial score (nSPS) is 15.6. The van der Waals surface area contributed by atoms with Gasteiger partial charge in [0, 0.05) is 83.4 Å². The first kappa shape index (κ1) is 40.7. The summed E-state index contributed by atoms with van der Waals surface area (Å²) >= 11 is 2.93. The average molecular weight is 646 g/mol. The molecule has 2 N–H and O–H groups in total. The maximum absolute atomic E-state index is 10.5. The number of carbonyl (C=O) groups is 2. The van der Waals surface area contributed by atoms with Gasteiger partial charge in [-0.15, -0.1) is 0 Å². The first-order chi connectivity index (χ1) is 21.2. The van der Waals surface area contributed by atoms with Crippen molar-refractivity contribution in [1.82, 2.24) is 14.3 Å². The van der Waals surface area contributed by atoms with Gasteiger partial charge in [-0.05, 0) is 56.5 Å². The number of hydrogen-bond donors (Lipinski definition) is 1. The van der Waals surface area contributed by atoms with E-state index in [0.717, 1.165) is 47.0 Å². The number of carbonyl (C=O) groups excluding carboxylic acids is 2. The molecule has 1 fully saturated rings. The SMILES string of the molecule is C=N/N=C/Cc1ccc(N(C)C)cn1.CC.CN(C)c1ccc(C/C=N\SN(C)[C@H]2CCCC(CSC=O)C2)nc1.NC=O. The second-order valence-corrected chi connectivity index (χ2v) is 11.6. The Bertz CT molecular complexity index is 1080. The van der Waals surface area contributed by atoms with Crippen molar-refractivity contribution in [3.05, 3.63) is 48.0 Å². The molecule has 2 atom stereocenters. The van der Waals surface area contributed by atoms with Crippen molar-refractivity contribution in [2.45, 2.75) is 58.4 Å². The second kappa shape index (κ2) is 26.1. The number of primary amides is 1. The van der Waals surface area contributed by atoms with Gasteiger partial charge in [0.05, 0.1) is 35.9 Å². The van der Waals surface area contributed by atoms with Gasteiger partial charge < -0.3 is 15.5 Å². The zero-order chi connectivity index (χ0) is 33.2. The Morgan fingerprint density at radius 3 is 1.93 bits per heavy atom. The monoisotopic (exact) mass is 645 g/mol. The molecule has 0 radical (unpaired) electrons. The maximum atomic E-state index is 10.5. The van der Waals surface area contributed by atoms with Crippen molar-refractivity contribution >= 4 is 66.4 Å². The third-order valence-corrected chi connectivity index (χ3v) is 7.93. The highest BCUT2D eigenvalue weighted by Gasteiger charge is 2.25. The van der Waals surface area contributed by atoms with Gasteiger partial charge in [-0.1, -0.05) is 32.0 Å². The highest BCUT2D eigenvalue weighted by Crippen LogP contribution is 2.31. The molecule has 11 nitrogen and oxygen atoms in total. The van der Waals surface area contributed by atoms with Crippen LogP contribution in [0.15, 0.2) is 51.3 Å². The number of pyridine rings is 2. The van der Waals surface area contributed by atoms with Crippen molar-refractivity contribution in [3.63, 3.8) is 0 Å². The first-order valence-corrected chi connectivity index (χ1v) is 16.4. The fourth-order valence-electron chi connectivity index (χ4n) is 4.02. The number of nitrogens with zero attached hydrogens (tertiary/aromatic N) is 8. The van der Waals surface area contributed by atoms with E-state index in [9.17, 15) is 4.79 Å². The van der Waals surface area contributed by atoms with Gasteiger partial charge in [0.1, 0.15) is 0 Å². The summed E-state index contributed by atoms with van der Waals surface area (Å²) in [7, 11) is 10.1. The van der Waals surface area contributed by atoms with E-state index in [2.05, 4.69) is 54.4 Å². The number of amides is 1. The molecule has 1 aliphatic carbocycles. The van der Waals surface area contributed by atoms with Crippen LogP contribution >= 0.6 is 23.9 Å². The molecule has 2 aromatic rings. The molecular weight excluding hydrogens is 595 g/mol. The zero-order valence-corrected chi connectivity index (χ0v) is 29.0. The molecule has 3 rings (SSSR count). The molecule has 2 heterocycles. The van der Waals surface area contributed by atoms with Crippen LogP contribution in [0.1, 0.15) is 50.9 Å². The molecule has 0 aromatic carbocycles. The molecule has 0 spiro atoms. The molecule has 244 valence electrons. The Kier molecular flexibility index (Phi) is 24.2. The van der Waals surface area contributed by atoms with Gasteiger partial charge >= 0.3 is 0 Å². The van der Waals surface area contributed by atoms with Crippen molar-refractivity contribution in [1.29, 1.82) is 0 Å². The number of nitrogens with two attached hydrogens (primary N) is 1. The summed E-state index contributed by atoms with van der Waals surface area (Å²) in [5.41, 5.74) is 9.33. The van der Waals surface area contributed by atoms with Gasteiger partial charge in [0.25, 0.3) is 0 Å². The van der Waals surface area contributed by atoms with Crippen LogP contribution < -0.4 is 15.5 Å². The van der Waals surface area contributed by atoms with E-state index in [-0.39, 0.29) is 6.41 Å². The average Bonchev–Trinajstić information content (AvgIpc) is 3.04. The van der Waals surface area contributed by atoms with Crippen LogP contribution in [0.3, 0.4) is 0 Å². The minimum absolute atomic E-state index is 0.250. The molecule has 1 unspecified atom stereocenters. The summed E-state index contributed by atoms with van der Waals surface area (Å²) in [5.74, 6) is 1.61. The summed E-state index contributed by atoms with van der Waals surface area (Å²) in [6, 6.07) is 8.67. The number of hydrogen-bond acceptors (Lipinski definition) is 12. The summed E-state index contributed by atoms with van der Waals surface area (Å²) in [6.07, 6.45) is 13.9. The molecule has 0 saturated heterocycles. The van der Waals surface area contributed by atoms with Crippen LogP contribution in [0.2, 0.25) is 0 Å². The number of aromatic nitrogens is 2. The van der Waals surface area contributed by atoms with Gasteiger partial charge in [-0.2, -0.15) is 10.2 Å². The van der Waals surface area contributed by atoms with Crippen LogP contribution in [0.5, 0.6) is 0 Å². The molecule has 1 saturated carbocycles. The van der Waals surface area contributed by atoms with Crippen LogP contribution in [0.4, 0.5) is 11.4 Å². The zero-order valence-electron chi connectivity index (χ0n) is 27.4. The number of anilines is 2. The lowest BCUT2D eigenvalue weighted by molar-refractivity contribution is -0.106. The third-order valence-electron chi connectivity index (χ3n) is 6.33. The van der Waals surface area contributed by atoms with Crippen LogP contribution in [-0.4, -0.2) is 92.5 Å². The highest BCUT2D eigenvalue weighted by molar-refractivity contribution is 8.11. The Labute approximate surface area is 273 Å². The Morgan fingerprint density at radius 1 is 0.932 bits per heavy atom. The molecule has 1 amide bonds. The van der Waals surface area contributed by atoms with E-state index < -0.39 is 0 Å². The van der Waals surface area contributed by atoms with Crippen molar-refractivity contribution in [2.75, 3.05) is 50.8 Å². The Hall–Kier alpha value is -3.29. The van der Waals surface area contributed by atoms with Crippen molar-refractivity contribution < 1.29 is 9.59 Å². The Balaban J connectivity index is 0.000000820. The maximum Gasteiger partial charge on any atom is 0.204 e. The lowest BCUT2D eigenvalue weighted by Gasteiger charge is -2.33. The number of rotatable bonds is 13. The van der Waals surface area contributed by atoms with E-state index in [1.165, 1.54) is 43.2 Å². The largest absolute Gasteiger partial charge is 0.376 e. The van der Waals surface area contributed by atoms with E-state index in [0.29, 0.717) is 18.4 Å². The second-order valence-electron chi connectivity index (χ2n) is 9.82. The van der Waals surface area contributed by atoms with Gasteiger partial charge in [0.15, 0.2) is 5.62 Å². The standard InChI is InChI=1S/C18H28N4OS2.C10H14N4.C2H6.CH3NO/c1-21(2)18-8-7-16(19-12-18)9-10-20-25-22(3)17-6-4-5-15(11-17)13-24-14-23;1-11-13-7-6-9-4-5-10(8-12-9)14(2)3;1-2;2-1-3/h7-8,10,12,14-15,17H,4-6,9,11,13H2,1-3H3;4-5,7-8H,1,6H2,2-3H3;1-2H3;1H,(H2,2,3)/b20-10-;13-7+;;/t15?,17-;;;/m0.../s1. The lowest BCUT2D eigenvalue weighted by Crippen LogP contribution is -2.32. The molecule has 0 aliphatic heterocycles. The molecule has 2 aromatic heterocycles. The van der Waals surface area contributed by atoms with E-state index in [1.54, 1.807) is 6.21 Å². The number of thioether (sulfide) groups is 1. The van der Waals surface area contributed by atoms with Crippen LogP contribution in [-0.2, 0) is 22.4 Å². The highest BCUT2D eigenvalue weighted by atomic mass is 32.2. The van der Waals surface area contributed by atoms with Crippen molar-refractivity contribution in [3.8, 4) is 0 Å². The summed E-state index contributed by atoms with van der Waals surface area (Å²) in [5, 5.41) is 7.04. The van der Waals surface area contributed by atoms with Gasteiger partial charge in [0.2, 0.25) is 6.41 Å². The summed E-state index contributed by atoms with van der Waals surface area (Å²) < 4.78 is 6.75. The summed E-state index contributed by atoms with van der Waals surface area (Å²) in [4.78, 5) is 31.9. The minimum Gasteiger partial charge on any atom is -0.376 e. The smallest absolute Gasteiger partial charge is 0.204 e. The molecule has 1 aliphatic rings. The topological polar surface area (TPSA) is 133 Å². The van der Waals surface area contributed by atoms with Gasteiger partial charge in [-0.25, -0.2) is 8.70 Å². The van der Waals surface area contributed by atoms with Crippen LogP contribution in [0.25, 0.3) is 0 Å². The quantitative estimate of drug-likeness (QED) is 0.134. The van der Waals surface area contributed by atoms with Crippen molar-refractivity contribution in [2.24, 2.45) is 26.3 Å². The minimum atomic E-state index is 0.250. The Morgan fingerprint density at radius 2 is 1.48 bits per heavy atom. The fourth-order valence-corrected chi connectivity index (χ4v) is 5.29. The molecule has 13 heteroatoms.